The number of hydrogen-bond acceptors (Lipinski definition) is 4. The van der Waals surface area contributed by atoms with Crippen molar-refractivity contribution in [2.24, 2.45) is 0 Å². The Morgan fingerprint density at radius 1 is 1.20 bits per heavy atom. The first-order valence-electron chi connectivity index (χ1n) is 9.46. The lowest BCUT2D eigenvalue weighted by Gasteiger charge is -2.35. The van der Waals surface area contributed by atoms with Crippen LogP contribution in [0.4, 0.5) is 13.2 Å². The number of para-hydroxylation sites is 1. The second kappa shape index (κ2) is 11.1. The van der Waals surface area contributed by atoms with Gasteiger partial charge in [-0.2, -0.15) is 13.2 Å². The van der Waals surface area contributed by atoms with E-state index >= 15 is 0 Å². The van der Waals surface area contributed by atoms with E-state index in [0.29, 0.717) is 42.6 Å². The number of carbonyl (C=O) groups is 1. The molecule has 1 atom stereocenters. The fourth-order valence-electron chi connectivity index (χ4n) is 3.41. The van der Waals surface area contributed by atoms with E-state index in [1.165, 1.54) is 4.90 Å². The number of nitrogens with one attached hydrogen (secondary N) is 2. The quantitative estimate of drug-likeness (QED) is 0.703. The van der Waals surface area contributed by atoms with Crippen LogP contribution in [-0.4, -0.2) is 60.7 Å². The minimum absolute atomic E-state index is 0. The van der Waals surface area contributed by atoms with Crippen LogP contribution in [-0.2, 0) is 0 Å². The molecule has 0 spiro atoms. The number of halogens is 5. The van der Waals surface area contributed by atoms with Crippen molar-refractivity contribution < 1.29 is 18.0 Å². The van der Waals surface area contributed by atoms with Gasteiger partial charge < -0.3 is 10.6 Å². The van der Waals surface area contributed by atoms with Crippen molar-refractivity contribution in [1.29, 1.82) is 0 Å². The lowest BCUT2D eigenvalue weighted by Crippen LogP contribution is -2.57. The smallest absolute Gasteiger partial charge is 0.350 e. The van der Waals surface area contributed by atoms with E-state index in [-0.39, 0.29) is 30.7 Å². The van der Waals surface area contributed by atoms with Crippen LogP contribution in [0.2, 0.25) is 0 Å². The molecule has 1 amide bonds. The van der Waals surface area contributed by atoms with E-state index in [1.807, 2.05) is 19.9 Å². The molecule has 2 heterocycles. The van der Waals surface area contributed by atoms with Gasteiger partial charge in [0.1, 0.15) is 6.04 Å². The fourth-order valence-corrected chi connectivity index (χ4v) is 3.41. The van der Waals surface area contributed by atoms with Crippen LogP contribution in [0, 0.1) is 0 Å². The Morgan fingerprint density at radius 2 is 1.83 bits per heavy atom. The third kappa shape index (κ3) is 6.20. The number of nitrogens with zero attached hydrogens (tertiary/aromatic N) is 2. The maximum absolute atomic E-state index is 13.6. The van der Waals surface area contributed by atoms with Gasteiger partial charge in [-0.3, -0.25) is 14.7 Å². The lowest BCUT2D eigenvalue weighted by atomic mass is 10.0. The first kappa shape index (κ1) is 26.4. The van der Waals surface area contributed by atoms with Gasteiger partial charge in [0, 0.05) is 43.8 Å². The van der Waals surface area contributed by atoms with Gasteiger partial charge in [0.2, 0.25) is 0 Å². The van der Waals surface area contributed by atoms with Gasteiger partial charge in [-0.15, -0.1) is 24.8 Å². The summed E-state index contributed by atoms with van der Waals surface area (Å²) in [6.45, 7) is 5.06. The van der Waals surface area contributed by atoms with Crippen LogP contribution in [0.1, 0.15) is 35.8 Å². The lowest BCUT2D eigenvalue weighted by molar-refractivity contribution is -0.183. The Balaban J connectivity index is 0.00000225. The molecule has 1 unspecified atom stereocenters. The number of alkyl halides is 3. The second-order valence-corrected chi connectivity index (χ2v) is 7.32. The Kier molecular flexibility index (Phi) is 9.81. The first-order chi connectivity index (χ1) is 13.3. The summed E-state index contributed by atoms with van der Waals surface area (Å²) in [7, 11) is 0. The molecule has 1 fully saturated rings. The van der Waals surface area contributed by atoms with E-state index in [9.17, 15) is 18.0 Å². The number of pyridine rings is 1. The molecule has 0 radical (unpaired) electrons. The number of amides is 1. The Hall–Kier alpha value is -1.61. The van der Waals surface area contributed by atoms with Crippen LogP contribution in [0.15, 0.2) is 30.3 Å². The SMILES string of the molecule is CC(C)c1cc(C(=O)NCC(N2CCNCC2)C(F)(F)F)c2ccccc2n1.Cl.Cl. The third-order valence-electron chi connectivity index (χ3n) is 5.00. The average molecular weight is 467 g/mol. The highest BCUT2D eigenvalue weighted by Gasteiger charge is 2.43. The van der Waals surface area contributed by atoms with Crippen molar-refractivity contribution >= 4 is 41.6 Å². The molecular formula is C20H27Cl2F3N4O. The molecule has 1 aliphatic rings. The van der Waals surface area contributed by atoms with Gasteiger partial charge in [-0.05, 0) is 18.1 Å². The molecule has 1 saturated heterocycles. The number of carbonyl (C=O) groups excluding carboxylic acids is 1. The number of piperazine rings is 1. The first-order valence-corrected chi connectivity index (χ1v) is 9.46. The van der Waals surface area contributed by atoms with E-state index in [2.05, 4.69) is 15.6 Å². The van der Waals surface area contributed by atoms with E-state index in [1.54, 1.807) is 24.3 Å². The van der Waals surface area contributed by atoms with Gasteiger partial charge in [0.05, 0.1) is 11.1 Å². The monoisotopic (exact) mass is 466 g/mol. The molecule has 1 aromatic carbocycles. The zero-order valence-corrected chi connectivity index (χ0v) is 18.5. The predicted octanol–water partition coefficient (Wildman–Crippen LogP) is 3.77. The molecule has 2 N–H and O–H groups in total. The van der Waals surface area contributed by atoms with Crippen molar-refractivity contribution in [2.75, 3.05) is 32.7 Å². The summed E-state index contributed by atoms with van der Waals surface area (Å²) in [5, 5.41) is 6.19. The Bertz CT molecular complexity index is 842. The average Bonchev–Trinajstić information content (AvgIpc) is 2.66. The largest absolute Gasteiger partial charge is 0.405 e. The molecule has 1 aromatic heterocycles. The topological polar surface area (TPSA) is 57.3 Å². The van der Waals surface area contributed by atoms with Crippen molar-refractivity contribution in [3.05, 3.63) is 41.6 Å². The molecule has 0 bridgehead atoms. The fraction of sp³-hybridized carbons (Fsp3) is 0.500. The number of fused-ring (bicyclic) bond motifs is 1. The molecule has 30 heavy (non-hydrogen) atoms. The van der Waals surface area contributed by atoms with E-state index < -0.39 is 24.7 Å². The number of rotatable bonds is 5. The van der Waals surface area contributed by atoms with Gasteiger partial charge >= 0.3 is 6.18 Å². The number of aromatic nitrogens is 1. The number of hydrogen-bond donors (Lipinski definition) is 2. The standard InChI is InChI=1S/C20H25F3N4O.2ClH/c1-13(2)17-11-15(14-5-3-4-6-16(14)26-17)19(28)25-12-18(20(21,22)23)27-9-7-24-8-10-27;;/h3-6,11,13,18,24H,7-10,12H2,1-2H3,(H,25,28);2*1H. The van der Waals surface area contributed by atoms with Crippen LogP contribution >= 0.6 is 24.8 Å². The van der Waals surface area contributed by atoms with Crippen molar-refractivity contribution in [2.45, 2.75) is 32.0 Å². The highest BCUT2D eigenvalue weighted by atomic mass is 35.5. The normalized spacial score (nSPS) is 15.9. The molecule has 1 aliphatic heterocycles. The van der Waals surface area contributed by atoms with Gasteiger partial charge in [0.25, 0.3) is 5.91 Å². The third-order valence-corrected chi connectivity index (χ3v) is 5.00. The van der Waals surface area contributed by atoms with Gasteiger partial charge in [-0.1, -0.05) is 32.0 Å². The second-order valence-electron chi connectivity index (χ2n) is 7.32. The molecule has 0 aliphatic carbocycles. The van der Waals surface area contributed by atoms with Crippen LogP contribution in [0.3, 0.4) is 0 Å². The zero-order valence-electron chi connectivity index (χ0n) is 16.8. The minimum Gasteiger partial charge on any atom is -0.350 e. The summed E-state index contributed by atoms with van der Waals surface area (Å²) in [5.74, 6) is -0.412. The summed E-state index contributed by atoms with van der Waals surface area (Å²) in [6, 6.07) is 7.16. The number of benzene rings is 1. The van der Waals surface area contributed by atoms with Crippen LogP contribution in [0.5, 0.6) is 0 Å². The highest BCUT2D eigenvalue weighted by Crippen LogP contribution is 2.26. The van der Waals surface area contributed by atoms with E-state index in [4.69, 9.17) is 0 Å². The maximum Gasteiger partial charge on any atom is 0.405 e. The van der Waals surface area contributed by atoms with Crippen molar-refractivity contribution in [1.82, 2.24) is 20.5 Å². The molecule has 10 heteroatoms. The van der Waals surface area contributed by atoms with Crippen molar-refractivity contribution in [3.63, 3.8) is 0 Å². The van der Waals surface area contributed by atoms with Gasteiger partial charge in [-0.25, -0.2) is 0 Å². The molecule has 0 saturated carbocycles. The summed E-state index contributed by atoms with van der Waals surface area (Å²) < 4.78 is 40.7. The van der Waals surface area contributed by atoms with Crippen molar-refractivity contribution in [3.8, 4) is 0 Å². The summed E-state index contributed by atoms with van der Waals surface area (Å²) in [5.41, 5.74) is 1.75. The molecular weight excluding hydrogens is 440 g/mol. The summed E-state index contributed by atoms with van der Waals surface area (Å²) in [4.78, 5) is 18.7. The molecule has 5 nitrogen and oxygen atoms in total. The minimum atomic E-state index is -4.41. The van der Waals surface area contributed by atoms with Crippen LogP contribution < -0.4 is 10.6 Å². The Labute approximate surface area is 186 Å². The summed E-state index contributed by atoms with van der Waals surface area (Å²) >= 11 is 0. The highest BCUT2D eigenvalue weighted by molar-refractivity contribution is 6.06. The molecule has 3 rings (SSSR count). The Morgan fingerprint density at radius 3 is 2.43 bits per heavy atom. The predicted molar refractivity (Wildman–Crippen MR) is 117 cm³/mol. The van der Waals surface area contributed by atoms with Gasteiger partial charge in [0.15, 0.2) is 0 Å². The summed E-state index contributed by atoms with van der Waals surface area (Å²) in [6.07, 6.45) is -4.41. The zero-order chi connectivity index (χ0) is 20.3. The molecule has 168 valence electrons. The molecule has 2 aromatic rings. The van der Waals surface area contributed by atoms with E-state index in [0.717, 1.165) is 5.69 Å². The van der Waals surface area contributed by atoms with Crippen LogP contribution in [0.25, 0.3) is 10.9 Å². The maximum atomic E-state index is 13.6.